The first-order chi connectivity index (χ1) is 30.6. The first-order valence-electron chi connectivity index (χ1n) is 21.8. The smallest absolute Gasteiger partial charge is 0.186 e. The molecule has 0 amide bonds. The Balaban J connectivity index is 0.000000227. The van der Waals surface area contributed by atoms with Crippen molar-refractivity contribution in [1.82, 2.24) is 0 Å². The fourth-order valence-corrected chi connectivity index (χ4v) is 7.25. The third-order valence-corrected chi connectivity index (χ3v) is 11.0. The zero-order valence-electron chi connectivity index (χ0n) is 38.0. The van der Waals surface area contributed by atoms with Crippen molar-refractivity contribution in [2.45, 2.75) is 189 Å². The van der Waals surface area contributed by atoms with Gasteiger partial charge < -0.3 is 117 Å². The molecule has 0 aromatic rings. The number of ether oxygens (including phenoxy) is 14. The lowest BCUT2D eigenvalue weighted by Gasteiger charge is -2.45. The molecule has 6 heterocycles. The molecule has 24 nitrogen and oxygen atoms in total. The molecule has 0 spiro atoms. The Kier molecular flexibility index (Phi) is 26.1. The maximum atomic E-state index is 9.90. The van der Waals surface area contributed by atoms with Crippen LogP contribution in [0.3, 0.4) is 0 Å². The molecule has 64 heavy (non-hydrogen) atoms. The van der Waals surface area contributed by atoms with Crippen LogP contribution in [-0.2, 0) is 66.3 Å². The second-order valence-corrected chi connectivity index (χ2v) is 15.7. The molecule has 10 unspecified atom stereocenters. The lowest BCUT2D eigenvalue weighted by Crippen LogP contribution is -2.63. The molecule has 0 radical (unpaired) electrons. The van der Waals surface area contributed by atoms with E-state index in [2.05, 4.69) is 0 Å². The number of aliphatic hydroxyl groups is 10. The van der Waals surface area contributed by atoms with Gasteiger partial charge in [-0.05, 0) is 25.7 Å². The highest BCUT2D eigenvalue weighted by Gasteiger charge is 2.50. The Hall–Kier alpha value is -0.960. The van der Waals surface area contributed by atoms with Crippen LogP contribution in [0.4, 0.5) is 0 Å². The van der Waals surface area contributed by atoms with Crippen molar-refractivity contribution >= 4 is 0 Å². The molecule has 0 aliphatic carbocycles. The van der Waals surface area contributed by atoms with E-state index in [1.807, 2.05) is 27.7 Å². The number of hydrogen-bond acceptors (Lipinski definition) is 24. The van der Waals surface area contributed by atoms with Gasteiger partial charge in [0.05, 0.1) is 26.4 Å². The summed E-state index contributed by atoms with van der Waals surface area (Å²) in [6.45, 7) is 9.91. The summed E-state index contributed by atoms with van der Waals surface area (Å²) in [5, 5.41) is 96.6. The molecule has 6 aliphatic heterocycles. The molecule has 22 atom stereocenters. The first-order valence-corrected chi connectivity index (χ1v) is 21.8. The van der Waals surface area contributed by atoms with Gasteiger partial charge in [0, 0.05) is 41.7 Å². The van der Waals surface area contributed by atoms with Gasteiger partial charge in [-0.25, -0.2) is 0 Å². The Morgan fingerprint density at radius 3 is 1.00 bits per heavy atom. The molecule has 0 saturated carbocycles. The van der Waals surface area contributed by atoms with Gasteiger partial charge in [-0.1, -0.05) is 27.7 Å². The van der Waals surface area contributed by atoms with Gasteiger partial charge in [-0.2, -0.15) is 0 Å². The van der Waals surface area contributed by atoms with E-state index in [1.165, 1.54) is 28.4 Å². The highest BCUT2D eigenvalue weighted by atomic mass is 16.8. The van der Waals surface area contributed by atoms with E-state index in [-0.39, 0.29) is 25.8 Å². The quantitative estimate of drug-likeness (QED) is 0.0747. The fraction of sp³-hybridized carbons (Fsp3) is 1.00. The number of hydrogen-bond donors (Lipinski definition) is 10. The minimum atomic E-state index is -1.28. The molecule has 24 heteroatoms. The molecule has 6 aliphatic rings. The van der Waals surface area contributed by atoms with Gasteiger partial charge in [-0.15, -0.1) is 0 Å². The molecule has 6 rings (SSSR count). The largest absolute Gasteiger partial charge is 0.387 e. The predicted molar refractivity (Wildman–Crippen MR) is 215 cm³/mol. The van der Waals surface area contributed by atoms with E-state index in [9.17, 15) is 51.1 Å². The minimum absolute atomic E-state index is 0.165. The van der Waals surface area contributed by atoms with E-state index in [0.717, 1.165) is 12.8 Å². The van der Waals surface area contributed by atoms with E-state index in [4.69, 9.17) is 66.3 Å². The zero-order chi connectivity index (χ0) is 47.7. The standard InChI is InChI=1S/2C10H18O6.2C10H20O6/c2*1-3-6-14-4-5-9(16-6)7(11)8(12)10(13-2)15-5;2*1-3-4-15-5-6-7(11)8(12)9(13)10(14-2)16-6/h2*5-12H,3-4H2,1-2H3;2*6-13H,3-5H2,1-2H3/t2*5?,6?,7-,8?,9-,10+;2*6?,7-,8+,9?,10+/m1111/s1. The molecule has 380 valence electrons. The Labute approximate surface area is 373 Å². The van der Waals surface area contributed by atoms with Crippen LogP contribution >= 0.6 is 0 Å². The van der Waals surface area contributed by atoms with Crippen LogP contribution in [0.25, 0.3) is 0 Å². The van der Waals surface area contributed by atoms with Crippen LogP contribution in [-0.4, -0.2) is 255 Å². The van der Waals surface area contributed by atoms with Crippen LogP contribution in [0, 0.1) is 0 Å². The molecule has 0 bridgehead atoms. The summed E-state index contributed by atoms with van der Waals surface area (Å²) >= 11 is 0. The first kappa shape index (κ1) is 57.4. The second kappa shape index (κ2) is 29.2. The lowest BCUT2D eigenvalue weighted by molar-refractivity contribution is -0.355. The van der Waals surface area contributed by atoms with Crippen LogP contribution < -0.4 is 0 Å². The maximum absolute atomic E-state index is 9.90. The molecular formula is C40H76O24. The van der Waals surface area contributed by atoms with Crippen LogP contribution in [0.2, 0.25) is 0 Å². The van der Waals surface area contributed by atoms with Gasteiger partial charge in [-0.3, -0.25) is 0 Å². The van der Waals surface area contributed by atoms with Crippen molar-refractivity contribution in [3.63, 3.8) is 0 Å². The van der Waals surface area contributed by atoms with Crippen LogP contribution in [0.15, 0.2) is 0 Å². The van der Waals surface area contributed by atoms with E-state index >= 15 is 0 Å². The van der Waals surface area contributed by atoms with E-state index in [1.54, 1.807) is 0 Å². The summed E-state index contributed by atoms with van der Waals surface area (Å²) in [5.41, 5.74) is 0. The molecular weight excluding hydrogens is 864 g/mol. The summed E-state index contributed by atoms with van der Waals surface area (Å²) in [6.07, 6.45) is -16.0. The third kappa shape index (κ3) is 15.5. The van der Waals surface area contributed by atoms with Crippen molar-refractivity contribution < 1.29 is 117 Å². The second-order valence-electron chi connectivity index (χ2n) is 15.7. The topological polar surface area (TPSA) is 332 Å². The number of methoxy groups -OCH3 is 4. The summed E-state index contributed by atoms with van der Waals surface area (Å²) < 4.78 is 73.2. The number of aliphatic hydroxyl groups excluding tert-OH is 10. The van der Waals surface area contributed by atoms with Crippen molar-refractivity contribution in [3.05, 3.63) is 0 Å². The van der Waals surface area contributed by atoms with Crippen molar-refractivity contribution in [2.24, 2.45) is 0 Å². The van der Waals surface area contributed by atoms with Crippen molar-refractivity contribution in [2.75, 3.05) is 68.1 Å². The Morgan fingerprint density at radius 1 is 0.391 bits per heavy atom. The van der Waals surface area contributed by atoms with Gasteiger partial charge in [0.15, 0.2) is 37.7 Å². The molecule has 0 aromatic heterocycles. The SMILES string of the molecule is CCC1OCC2O[C@H](OC)C(O)[C@@H](O)[C@@H]2O1.CCC1OCC2O[C@H](OC)C(O)[C@@H](O)[C@@H]2O1.CCCOCC1O[C@H](OC)C(O)[C@@H](O)[C@@H]1O.CCCOCC1O[C@H](OC)C(O)[C@@H](O)[C@@H]1O. The zero-order valence-corrected chi connectivity index (χ0v) is 38.0. The normalized spacial score (nSPS) is 44.3. The summed E-state index contributed by atoms with van der Waals surface area (Å²) in [6, 6.07) is 0. The number of rotatable bonds is 14. The molecule has 6 fully saturated rings. The summed E-state index contributed by atoms with van der Waals surface area (Å²) in [5.74, 6) is 0. The maximum Gasteiger partial charge on any atom is 0.186 e. The van der Waals surface area contributed by atoms with Gasteiger partial charge in [0.2, 0.25) is 0 Å². The minimum Gasteiger partial charge on any atom is -0.387 e. The summed E-state index contributed by atoms with van der Waals surface area (Å²) in [7, 11) is 5.56. The lowest BCUT2D eigenvalue weighted by atomic mass is 9.98. The van der Waals surface area contributed by atoms with Gasteiger partial charge in [0.1, 0.15) is 97.7 Å². The van der Waals surface area contributed by atoms with Crippen molar-refractivity contribution in [3.8, 4) is 0 Å². The molecule has 6 saturated heterocycles. The van der Waals surface area contributed by atoms with Crippen LogP contribution in [0.1, 0.15) is 53.4 Å². The monoisotopic (exact) mass is 940 g/mol. The van der Waals surface area contributed by atoms with E-state index in [0.29, 0.717) is 39.3 Å². The highest BCUT2D eigenvalue weighted by Crippen LogP contribution is 2.31. The van der Waals surface area contributed by atoms with Gasteiger partial charge in [0.25, 0.3) is 0 Å². The average Bonchev–Trinajstić information content (AvgIpc) is 3.31. The highest BCUT2D eigenvalue weighted by molar-refractivity contribution is 4.94. The van der Waals surface area contributed by atoms with Crippen molar-refractivity contribution in [1.29, 1.82) is 0 Å². The third-order valence-electron chi connectivity index (χ3n) is 11.0. The average molecular weight is 941 g/mol. The summed E-state index contributed by atoms with van der Waals surface area (Å²) in [4.78, 5) is 0. The predicted octanol–water partition coefficient (Wildman–Crippen LogP) is -3.80. The van der Waals surface area contributed by atoms with E-state index < -0.39 is 123 Å². The van der Waals surface area contributed by atoms with Crippen LogP contribution in [0.5, 0.6) is 0 Å². The molecule has 0 aromatic carbocycles. The Bertz CT molecular complexity index is 1100. The Morgan fingerprint density at radius 2 is 0.703 bits per heavy atom. The molecule has 10 N–H and O–H groups in total. The number of fused-ring (bicyclic) bond motifs is 2. The fourth-order valence-electron chi connectivity index (χ4n) is 7.25. The van der Waals surface area contributed by atoms with Gasteiger partial charge >= 0.3 is 0 Å².